The van der Waals surface area contributed by atoms with Gasteiger partial charge in [0.25, 0.3) is 0 Å². The Kier molecular flexibility index (Phi) is 4.93. The van der Waals surface area contributed by atoms with Crippen molar-refractivity contribution in [1.29, 1.82) is 5.41 Å². The van der Waals surface area contributed by atoms with Gasteiger partial charge in [-0.05, 0) is 54.6 Å². The monoisotopic (exact) mass is 351 g/mol. The van der Waals surface area contributed by atoms with Crippen LogP contribution in [0.2, 0.25) is 0 Å². The van der Waals surface area contributed by atoms with Crippen molar-refractivity contribution >= 4 is 18.0 Å². The molecule has 0 amide bonds. The summed E-state index contributed by atoms with van der Waals surface area (Å²) in [4.78, 5) is 3.90. The number of benzene rings is 2. The van der Waals surface area contributed by atoms with Crippen LogP contribution < -0.4 is 5.73 Å². The molecular formula is C21H25N3S. The summed E-state index contributed by atoms with van der Waals surface area (Å²) >= 11 is 1.96. The van der Waals surface area contributed by atoms with Crippen molar-refractivity contribution < 1.29 is 0 Å². The van der Waals surface area contributed by atoms with Gasteiger partial charge in [0.05, 0.1) is 5.25 Å². The summed E-state index contributed by atoms with van der Waals surface area (Å²) in [7, 11) is 0. The first-order valence-electron chi connectivity index (χ1n) is 9.09. The van der Waals surface area contributed by atoms with Crippen LogP contribution in [0.3, 0.4) is 0 Å². The van der Waals surface area contributed by atoms with Gasteiger partial charge in [-0.25, -0.2) is 0 Å². The van der Waals surface area contributed by atoms with Crippen LogP contribution in [0.1, 0.15) is 34.8 Å². The molecule has 2 aromatic rings. The fourth-order valence-electron chi connectivity index (χ4n) is 4.13. The van der Waals surface area contributed by atoms with E-state index in [1.165, 1.54) is 28.7 Å². The number of nitrogens with two attached hydrogens (primary N) is 1. The summed E-state index contributed by atoms with van der Waals surface area (Å²) in [5.74, 6) is 0. The average molecular weight is 352 g/mol. The molecule has 1 aliphatic carbocycles. The van der Waals surface area contributed by atoms with Gasteiger partial charge in [-0.2, -0.15) is 0 Å². The summed E-state index contributed by atoms with van der Waals surface area (Å²) in [5, 5.41) is 7.82. The first-order chi connectivity index (χ1) is 12.2. The Balaban J connectivity index is 1.61. The van der Waals surface area contributed by atoms with Gasteiger partial charge >= 0.3 is 0 Å². The minimum absolute atomic E-state index is 0.315. The van der Waals surface area contributed by atoms with Gasteiger partial charge in [0, 0.05) is 29.7 Å². The van der Waals surface area contributed by atoms with Crippen LogP contribution in [0.25, 0.3) is 0 Å². The summed E-state index contributed by atoms with van der Waals surface area (Å²) in [5.41, 5.74) is 10.2. The molecular weight excluding hydrogens is 326 g/mol. The number of likely N-dealkylation sites (tertiary alicyclic amines) is 1. The van der Waals surface area contributed by atoms with Gasteiger partial charge in [0.2, 0.25) is 0 Å². The Hall–Kier alpha value is -1.62. The molecule has 0 radical (unpaired) electrons. The van der Waals surface area contributed by atoms with E-state index in [1.807, 2.05) is 23.9 Å². The van der Waals surface area contributed by atoms with E-state index in [-0.39, 0.29) is 0 Å². The zero-order valence-corrected chi connectivity index (χ0v) is 15.2. The lowest BCUT2D eigenvalue weighted by atomic mass is 10.0. The topological polar surface area (TPSA) is 53.1 Å². The summed E-state index contributed by atoms with van der Waals surface area (Å²) in [6.07, 6.45) is 4.88. The minimum atomic E-state index is 0.315. The van der Waals surface area contributed by atoms with E-state index in [0.717, 1.165) is 31.5 Å². The van der Waals surface area contributed by atoms with Gasteiger partial charge < -0.3 is 11.1 Å². The number of piperidine rings is 1. The predicted octanol–water partition coefficient (Wildman–Crippen LogP) is 3.87. The van der Waals surface area contributed by atoms with E-state index in [4.69, 9.17) is 11.1 Å². The Bertz CT molecular complexity index is 743. The maximum Gasteiger partial charge on any atom is 0.0505 e. The van der Waals surface area contributed by atoms with Crippen molar-refractivity contribution in [2.75, 3.05) is 13.1 Å². The molecule has 2 aliphatic rings. The maximum atomic E-state index is 7.37. The molecule has 1 aliphatic heterocycles. The molecule has 3 N–H and O–H groups in total. The smallest absolute Gasteiger partial charge is 0.0505 e. The first kappa shape index (κ1) is 16.8. The number of rotatable bonds is 4. The van der Waals surface area contributed by atoms with Crippen LogP contribution in [-0.2, 0) is 6.42 Å². The second kappa shape index (κ2) is 7.32. The van der Waals surface area contributed by atoms with Crippen LogP contribution in [0.5, 0.6) is 0 Å². The van der Waals surface area contributed by atoms with E-state index in [0.29, 0.717) is 17.3 Å². The maximum absolute atomic E-state index is 7.37. The summed E-state index contributed by atoms with van der Waals surface area (Å²) in [6, 6.07) is 18.1. The highest BCUT2D eigenvalue weighted by Gasteiger charge is 2.38. The van der Waals surface area contributed by atoms with Gasteiger partial charge in [-0.15, -0.1) is 11.8 Å². The van der Waals surface area contributed by atoms with Crippen molar-refractivity contribution in [1.82, 2.24) is 4.90 Å². The number of hydrogen-bond donors (Lipinski definition) is 2. The standard InChI is InChI=1S/C21H25N3S/c22-13-15-7-9-18(10-8-15)25-21-19-6-2-1-4-16(19)12-20(21)24-11-3-5-17(23)14-24/h1-2,4,6-10,13,17,20-22H,3,5,11-12,14,23H2/t17-,20-,21?/m1/s1. The van der Waals surface area contributed by atoms with Crippen LogP contribution >= 0.6 is 11.8 Å². The molecule has 1 saturated heterocycles. The molecule has 4 rings (SSSR count). The third-order valence-electron chi connectivity index (χ3n) is 5.41. The highest BCUT2D eigenvalue weighted by Crippen LogP contribution is 2.47. The molecule has 1 unspecified atom stereocenters. The Morgan fingerprint density at radius 2 is 1.92 bits per heavy atom. The lowest BCUT2D eigenvalue weighted by Gasteiger charge is -2.38. The molecule has 1 fully saturated rings. The van der Waals surface area contributed by atoms with E-state index in [2.05, 4.69) is 41.3 Å². The van der Waals surface area contributed by atoms with E-state index >= 15 is 0 Å². The van der Waals surface area contributed by atoms with E-state index in [1.54, 1.807) is 0 Å². The molecule has 4 heteroatoms. The third kappa shape index (κ3) is 3.52. The molecule has 0 saturated carbocycles. The number of nitrogens with zero attached hydrogens (tertiary/aromatic N) is 1. The van der Waals surface area contributed by atoms with Crippen LogP contribution in [0.15, 0.2) is 53.4 Å². The van der Waals surface area contributed by atoms with Crippen molar-refractivity contribution in [3.63, 3.8) is 0 Å². The average Bonchev–Trinajstić information content (AvgIpc) is 3.01. The number of fused-ring (bicyclic) bond motifs is 1. The molecule has 130 valence electrons. The molecule has 0 aromatic heterocycles. The van der Waals surface area contributed by atoms with Crippen molar-refractivity contribution in [3.05, 3.63) is 65.2 Å². The second-order valence-electron chi connectivity index (χ2n) is 7.12. The molecule has 1 heterocycles. The van der Waals surface area contributed by atoms with E-state index in [9.17, 15) is 0 Å². The normalized spacial score (nSPS) is 26.4. The van der Waals surface area contributed by atoms with Crippen molar-refractivity contribution in [2.24, 2.45) is 5.73 Å². The number of thioether (sulfide) groups is 1. The van der Waals surface area contributed by atoms with Gasteiger partial charge in [0.1, 0.15) is 0 Å². The Morgan fingerprint density at radius 1 is 1.12 bits per heavy atom. The van der Waals surface area contributed by atoms with Crippen molar-refractivity contribution in [2.45, 2.75) is 41.5 Å². The molecule has 25 heavy (non-hydrogen) atoms. The predicted molar refractivity (Wildman–Crippen MR) is 106 cm³/mol. The number of hydrogen-bond acceptors (Lipinski definition) is 4. The molecule has 2 aromatic carbocycles. The molecule has 3 atom stereocenters. The van der Waals surface area contributed by atoms with Gasteiger partial charge in [-0.1, -0.05) is 36.4 Å². The van der Waals surface area contributed by atoms with Gasteiger partial charge in [0.15, 0.2) is 0 Å². The summed E-state index contributed by atoms with van der Waals surface area (Å²) in [6.45, 7) is 2.18. The zero-order valence-electron chi connectivity index (χ0n) is 14.4. The fourth-order valence-corrected chi connectivity index (χ4v) is 5.50. The number of nitrogens with one attached hydrogen (secondary N) is 1. The molecule has 3 nitrogen and oxygen atoms in total. The van der Waals surface area contributed by atoms with E-state index < -0.39 is 0 Å². The fraction of sp³-hybridized carbons (Fsp3) is 0.381. The lowest BCUT2D eigenvalue weighted by molar-refractivity contribution is 0.152. The second-order valence-corrected chi connectivity index (χ2v) is 8.33. The van der Waals surface area contributed by atoms with Crippen molar-refractivity contribution in [3.8, 4) is 0 Å². The molecule has 0 spiro atoms. The summed E-state index contributed by atoms with van der Waals surface area (Å²) < 4.78 is 0. The molecule has 0 bridgehead atoms. The zero-order chi connectivity index (χ0) is 17.2. The van der Waals surface area contributed by atoms with Crippen LogP contribution in [0.4, 0.5) is 0 Å². The Labute approximate surface area is 154 Å². The quantitative estimate of drug-likeness (QED) is 0.822. The minimum Gasteiger partial charge on any atom is -0.327 e. The highest BCUT2D eigenvalue weighted by molar-refractivity contribution is 7.99. The SMILES string of the molecule is N=Cc1ccc(SC2c3ccccc3C[C@H]2N2CCC[C@@H](N)C2)cc1. The lowest BCUT2D eigenvalue weighted by Crippen LogP contribution is -2.48. The largest absolute Gasteiger partial charge is 0.327 e. The first-order valence-corrected chi connectivity index (χ1v) is 9.97. The van der Waals surface area contributed by atoms with Crippen LogP contribution in [-0.4, -0.2) is 36.3 Å². The van der Waals surface area contributed by atoms with Gasteiger partial charge in [-0.3, -0.25) is 4.90 Å². The third-order valence-corrected chi connectivity index (χ3v) is 6.77. The van der Waals surface area contributed by atoms with Crippen LogP contribution in [0, 0.1) is 5.41 Å². The Morgan fingerprint density at radius 3 is 2.68 bits per heavy atom. The highest BCUT2D eigenvalue weighted by atomic mass is 32.2.